The molecule has 1 saturated carbocycles. The number of sulfone groups is 1. The van der Waals surface area contributed by atoms with Gasteiger partial charge in [0.05, 0.1) is 5.25 Å². The Morgan fingerprint density at radius 1 is 1.23 bits per heavy atom. The maximum atomic E-state index is 11.7. The Bertz CT molecular complexity index is 384. The predicted molar refractivity (Wildman–Crippen MR) is 46.9 cm³/mol. The highest BCUT2D eigenvalue weighted by Crippen LogP contribution is 2.29. The summed E-state index contributed by atoms with van der Waals surface area (Å²) in [4.78, 5) is 7.51. The number of aromatic nitrogens is 2. The van der Waals surface area contributed by atoms with Gasteiger partial charge in [-0.25, -0.2) is 18.4 Å². The number of rotatable bonds is 2. The Morgan fingerprint density at radius 2 is 1.85 bits per heavy atom. The summed E-state index contributed by atoms with van der Waals surface area (Å²) < 4.78 is 23.4. The summed E-state index contributed by atoms with van der Waals surface area (Å²) in [6.45, 7) is 0. The van der Waals surface area contributed by atoms with Crippen LogP contribution in [0.3, 0.4) is 0 Å². The summed E-state index contributed by atoms with van der Waals surface area (Å²) in [7, 11) is -3.22. The van der Waals surface area contributed by atoms with Crippen LogP contribution >= 0.6 is 0 Å². The zero-order valence-electron chi connectivity index (χ0n) is 7.05. The lowest BCUT2D eigenvalue weighted by Crippen LogP contribution is -2.29. The van der Waals surface area contributed by atoms with Gasteiger partial charge in [0.15, 0.2) is 0 Å². The first-order valence-corrected chi connectivity index (χ1v) is 5.77. The van der Waals surface area contributed by atoms with Crippen molar-refractivity contribution in [1.29, 1.82) is 0 Å². The number of hydrogen-bond acceptors (Lipinski definition) is 4. The van der Waals surface area contributed by atoms with Crippen LogP contribution in [0, 0.1) is 0 Å². The van der Waals surface area contributed by atoms with Crippen molar-refractivity contribution in [3.05, 3.63) is 18.5 Å². The van der Waals surface area contributed by atoms with Crippen LogP contribution in [0.2, 0.25) is 0 Å². The summed E-state index contributed by atoms with van der Waals surface area (Å²) in [5.41, 5.74) is 0. The first-order chi connectivity index (χ1) is 6.21. The Labute approximate surface area is 77.0 Å². The van der Waals surface area contributed by atoms with Crippen molar-refractivity contribution in [3.63, 3.8) is 0 Å². The van der Waals surface area contributed by atoms with Crippen LogP contribution < -0.4 is 0 Å². The molecule has 4 nitrogen and oxygen atoms in total. The van der Waals surface area contributed by atoms with Gasteiger partial charge < -0.3 is 0 Å². The molecule has 70 valence electrons. The van der Waals surface area contributed by atoms with E-state index in [1.54, 1.807) is 6.07 Å². The molecule has 0 bridgehead atoms. The Balaban J connectivity index is 2.35. The molecule has 0 saturated heterocycles. The largest absolute Gasteiger partial charge is 0.247 e. The molecular weight excluding hydrogens is 188 g/mol. The monoisotopic (exact) mass is 198 g/mol. The van der Waals surface area contributed by atoms with Crippen LogP contribution in [0.15, 0.2) is 23.6 Å². The van der Waals surface area contributed by atoms with Crippen LogP contribution in [0.1, 0.15) is 19.3 Å². The fourth-order valence-corrected chi connectivity index (χ4v) is 2.93. The molecule has 1 heterocycles. The Hall–Kier alpha value is -0.970. The molecule has 1 aromatic rings. The molecule has 0 radical (unpaired) electrons. The molecule has 0 unspecified atom stereocenters. The topological polar surface area (TPSA) is 59.9 Å². The Kier molecular flexibility index (Phi) is 2.03. The van der Waals surface area contributed by atoms with E-state index >= 15 is 0 Å². The molecule has 0 aliphatic heterocycles. The van der Waals surface area contributed by atoms with Crippen LogP contribution in [0.5, 0.6) is 0 Å². The molecule has 1 aliphatic rings. The molecule has 0 spiro atoms. The molecule has 0 atom stereocenters. The maximum Gasteiger partial charge on any atom is 0.247 e. The zero-order valence-corrected chi connectivity index (χ0v) is 7.87. The summed E-state index contributed by atoms with van der Waals surface area (Å²) in [6.07, 6.45) is 5.41. The molecule has 1 aromatic heterocycles. The average molecular weight is 198 g/mol. The van der Waals surface area contributed by atoms with E-state index in [2.05, 4.69) is 9.97 Å². The minimum atomic E-state index is -3.22. The lowest BCUT2D eigenvalue weighted by Gasteiger charge is -2.23. The van der Waals surface area contributed by atoms with Gasteiger partial charge >= 0.3 is 0 Å². The lowest BCUT2D eigenvalue weighted by atomic mass is 10.0. The molecule has 0 amide bonds. The summed E-state index contributed by atoms with van der Waals surface area (Å²) in [5, 5.41) is -0.269. The zero-order chi connectivity index (χ0) is 9.31. The van der Waals surface area contributed by atoms with Crippen molar-refractivity contribution in [2.45, 2.75) is 29.7 Å². The second-order valence-electron chi connectivity index (χ2n) is 3.13. The Morgan fingerprint density at radius 3 is 2.31 bits per heavy atom. The molecule has 1 fully saturated rings. The van der Waals surface area contributed by atoms with E-state index in [-0.39, 0.29) is 10.4 Å². The third-order valence-corrected chi connectivity index (χ3v) is 4.36. The standard InChI is InChI=1S/C8H10N2O2S/c11-13(12,7-3-1-4-7)8-9-5-2-6-10-8/h2,5-7H,1,3-4H2. The van der Waals surface area contributed by atoms with Gasteiger partial charge in [-0.15, -0.1) is 0 Å². The summed E-state index contributed by atoms with van der Waals surface area (Å²) in [6, 6.07) is 1.61. The first kappa shape index (κ1) is 8.62. The molecule has 0 aromatic carbocycles. The normalized spacial score (nSPS) is 18.2. The van der Waals surface area contributed by atoms with Crippen LogP contribution in [0.25, 0.3) is 0 Å². The van der Waals surface area contributed by atoms with Crippen molar-refractivity contribution < 1.29 is 8.42 Å². The van der Waals surface area contributed by atoms with Gasteiger partial charge in [0.1, 0.15) is 0 Å². The minimum Gasteiger partial charge on any atom is -0.227 e. The predicted octanol–water partition coefficient (Wildman–Crippen LogP) is 0.803. The summed E-state index contributed by atoms with van der Waals surface area (Å²) in [5.74, 6) is 0. The molecular formula is C8H10N2O2S. The van der Waals surface area contributed by atoms with E-state index in [4.69, 9.17) is 0 Å². The quantitative estimate of drug-likeness (QED) is 0.659. The second-order valence-corrected chi connectivity index (χ2v) is 5.25. The smallest absolute Gasteiger partial charge is 0.227 e. The van der Waals surface area contributed by atoms with E-state index in [0.717, 1.165) is 19.3 Å². The van der Waals surface area contributed by atoms with Gasteiger partial charge in [0.2, 0.25) is 15.0 Å². The van der Waals surface area contributed by atoms with Gasteiger partial charge in [-0.05, 0) is 18.9 Å². The van der Waals surface area contributed by atoms with Gasteiger partial charge in [0, 0.05) is 12.4 Å². The fourth-order valence-electron chi connectivity index (χ4n) is 1.26. The van der Waals surface area contributed by atoms with Crippen LogP contribution in [-0.4, -0.2) is 23.6 Å². The average Bonchev–Trinajstić information content (AvgIpc) is 2.02. The minimum absolute atomic E-state index is 0.0281. The molecule has 0 N–H and O–H groups in total. The van der Waals surface area contributed by atoms with E-state index in [1.807, 2.05) is 0 Å². The lowest BCUT2D eigenvalue weighted by molar-refractivity contribution is 0.472. The van der Waals surface area contributed by atoms with Gasteiger partial charge in [-0.1, -0.05) is 6.42 Å². The first-order valence-electron chi connectivity index (χ1n) is 4.22. The van der Waals surface area contributed by atoms with E-state index in [0.29, 0.717) is 0 Å². The fraction of sp³-hybridized carbons (Fsp3) is 0.500. The highest BCUT2D eigenvalue weighted by molar-refractivity contribution is 7.91. The third-order valence-electron chi connectivity index (χ3n) is 2.29. The van der Waals surface area contributed by atoms with E-state index in [9.17, 15) is 8.42 Å². The van der Waals surface area contributed by atoms with E-state index < -0.39 is 9.84 Å². The van der Waals surface area contributed by atoms with Crippen molar-refractivity contribution in [1.82, 2.24) is 9.97 Å². The third kappa shape index (κ3) is 1.44. The van der Waals surface area contributed by atoms with Crippen molar-refractivity contribution in [2.24, 2.45) is 0 Å². The van der Waals surface area contributed by atoms with Crippen LogP contribution in [-0.2, 0) is 9.84 Å². The summed E-state index contributed by atoms with van der Waals surface area (Å²) >= 11 is 0. The number of hydrogen-bond donors (Lipinski definition) is 0. The van der Waals surface area contributed by atoms with Crippen molar-refractivity contribution in [3.8, 4) is 0 Å². The highest BCUT2D eigenvalue weighted by atomic mass is 32.2. The van der Waals surface area contributed by atoms with Crippen molar-refractivity contribution >= 4 is 9.84 Å². The molecule has 1 aliphatic carbocycles. The number of nitrogens with zero attached hydrogens (tertiary/aromatic N) is 2. The van der Waals surface area contributed by atoms with Gasteiger partial charge in [-0.2, -0.15) is 0 Å². The maximum absolute atomic E-state index is 11.7. The molecule has 2 rings (SSSR count). The van der Waals surface area contributed by atoms with Crippen molar-refractivity contribution in [2.75, 3.05) is 0 Å². The SMILES string of the molecule is O=S(=O)(c1ncccn1)C1CCC1. The molecule has 13 heavy (non-hydrogen) atoms. The van der Waals surface area contributed by atoms with Gasteiger partial charge in [0.25, 0.3) is 0 Å². The molecule has 5 heteroatoms. The second kappa shape index (κ2) is 3.06. The van der Waals surface area contributed by atoms with E-state index in [1.165, 1.54) is 12.4 Å². The van der Waals surface area contributed by atoms with Crippen LogP contribution in [0.4, 0.5) is 0 Å². The highest BCUT2D eigenvalue weighted by Gasteiger charge is 2.34. The van der Waals surface area contributed by atoms with Gasteiger partial charge in [-0.3, -0.25) is 0 Å².